The van der Waals surface area contributed by atoms with Crippen molar-refractivity contribution in [1.29, 1.82) is 0 Å². The average Bonchev–Trinajstić information content (AvgIpc) is 3.35. The largest absolute Gasteiger partial charge is 0.208 e. The lowest BCUT2D eigenvalue weighted by atomic mass is 9.93. The van der Waals surface area contributed by atoms with Gasteiger partial charge in [0.2, 0.25) is 0 Å². The molecule has 0 aliphatic heterocycles. The van der Waals surface area contributed by atoms with Crippen LogP contribution in [0.5, 0.6) is 0 Å². The zero-order valence-corrected chi connectivity index (χ0v) is 32.9. The van der Waals surface area contributed by atoms with Gasteiger partial charge in [0.1, 0.15) is 0 Å². The molecule has 0 aliphatic rings. The Hall–Kier alpha value is -8.01. The van der Waals surface area contributed by atoms with E-state index in [0.29, 0.717) is 17.5 Å². The number of rotatable bonds is 9. The van der Waals surface area contributed by atoms with Crippen molar-refractivity contribution in [3.05, 3.63) is 237 Å². The van der Waals surface area contributed by atoms with Gasteiger partial charge < -0.3 is 0 Å². The number of nitrogens with zero attached hydrogens (tertiary/aromatic N) is 3. The van der Waals surface area contributed by atoms with Crippen molar-refractivity contribution in [3.63, 3.8) is 0 Å². The lowest BCUT2D eigenvalue weighted by Crippen LogP contribution is -2.02. The van der Waals surface area contributed by atoms with Gasteiger partial charge in [-0.2, -0.15) is 0 Å². The first-order valence-corrected chi connectivity index (χ1v) is 20.3. The van der Waals surface area contributed by atoms with Crippen molar-refractivity contribution < 1.29 is 0 Å². The standard InChI is InChI=1S/C57H39N3/c1-4-18-40(19-5-1)43-24-14-26-45(36-43)47-28-16-30-49(38-47)51-32-10-12-34-53(51)56-58-55(42-22-8-3-9-23-42)59-57(60-56)54-35-13-11-33-52(54)50-31-17-29-48(39-50)46-27-15-25-44(37-46)41-20-6-2-7-21-41/h1-39H. The zero-order chi connectivity index (χ0) is 40.1. The van der Waals surface area contributed by atoms with E-state index in [-0.39, 0.29) is 0 Å². The van der Waals surface area contributed by atoms with Crippen LogP contribution in [-0.4, -0.2) is 15.0 Å². The van der Waals surface area contributed by atoms with Gasteiger partial charge in [-0.3, -0.25) is 0 Å². The van der Waals surface area contributed by atoms with Crippen LogP contribution in [0.15, 0.2) is 237 Å². The molecule has 0 saturated carbocycles. The van der Waals surface area contributed by atoms with Crippen LogP contribution in [-0.2, 0) is 0 Å². The van der Waals surface area contributed by atoms with Gasteiger partial charge in [0, 0.05) is 16.7 Å². The molecule has 60 heavy (non-hydrogen) atoms. The predicted octanol–water partition coefficient (Wildman–Crippen LogP) is 14.9. The van der Waals surface area contributed by atoms with Crippen molar-refractivity contribution in [1.82, 2.24) is 15.0 Å². The Morgan fingerprint density at radius 2 is 0.417 bits per heavy atom. The first-order chi connectivity index (χ1) is 29.7. The summed E-state index contributed by atoms with van der Waals surface area (Å²) in [5, 5.41) is 0. The molecule has 0 radical (unpaired) electrons. The highest BCUT2D eigenvalue weighted by Gasteiger charge is 2.18. The van der Waals surface area contributed by atoms with Gasteiger partial charge in [0.25, 0.3) is 0 Å². The van der Waals surface area contributed by atoms with E-state index in [1.807, 2.05) is 18.2 Å². The minimum absolute atomic E-state index is 0.618. The molecular weight excluding hydrogens is 727 g/mol. The minimum Gasteiger partial charge on any atom is -0.208 e. The summed E-state index contributed by atoms with van der Waals surface area (Å²) in [6.07, 6.45) is 0. The molecule has 0 unspecified atom stereocenters. The number of benzene rings is 9. The van der Waals surface area contributed by atoms with E-state index < -0.39 is 0 Å². The molecule has 1 heterocycles. The molecule has 0 saturated heterocycles. The maximum absolute atomic E-state index is 5.30. The Kier molecular flexibility index (Phi) is 9.97. The molecule has 0 amide bonds. The lowest BCUT2D eigenvalue weighted by Gasteiger charge is -2.15. The Morgan fingerprint density at radius 1 is 0.167 bits per heavy atom. The van der Waals surface area contributed by atoms with Crippen LogP contribution in [0.2, 0.25) is 0 Å². The Balaban J connectivity index is 1.07. The second-order valence-corrected chi connectivity index (χ2v) is 14.8. The fourth-order valence-electron chi connectivity index (χ4n) is 7.94. The van der Waals surface area contributed by atoms with Crippen molar-refractivity contribution in [2.45, 2.75) is 0 Å². The third-order valence-electron chi connectivity index (χ3n) is 11.0. The summed E-state index contributed by atoms with van der Waals surface area (Å²) < 4.78 is 0. The molecule has 0 atom stereocenters. The molecule has 1 aromatic heterocycles. The van der Waals surface area contributed by atoms with Crippen LogP contribution in [0.4, 0.5) is 0 Å². The first kappa shape index (κ1) is 36.3. The summed E-state index contributed by atoms with van der Waals surface area (Å²) in [5.41, 5.74) is 16.5. The number of aromatic nitrogens is 3. The van der Waals surface area contributed by atoms with E-state index in [4.69, 9.17) is 15.0 Å². The Labute approximate surface area is 351 Å². The molecule has 10 rings (SSSR count). The van der Waals surface area contributed by atoms with Crippen LogP contribution >= 0.6 is 0 Å². The molecule has 9 aromatic carbocycles. The smallest absolute Gasteiger partial charge is 0.164 e. The fourth-order valence-corrected chi connectivity index (χ4v) is 7.94. The normalized spacial score (nSPS) is 11.0. The summed E-state index contributed by atoms with van der Waals surface area (Å²) >= 11 is 0. The highest BCUT2D eigenvalue weighted by Crippen LogP contribution is 2.38. The van der Waals surface area contributed by atoms with Crippen LogP contribution in [0.1, 0.15) is 0 Å². The molecule has 0 fully saturated rings. The van der Waals surface area contributed by atoms with E-state index in [1.54, 1.807) is 0 Å². The summed E-state index contributed by atoms with van der Waals surface area (Å²) in [7, 11) is 0. The topological polar surface area (TPSA) is 38.7 Å². The molecule has 10 aromatic rings. The minimum atomic E-state index is 0.618. The lowest BCUT2D eigenvalue weighted by molar-refractivity contribution is 1.07. The van der Waals surface area contributed by atoms with Gasteiger partial charge in [-0.25, -0.2) is 15.0 Å². The first-order valence-electron chi connectivity index (χ1n) is 20.3. The van der Waals surface area contributed by atoms with Gasteiger partial charge in [-0.15, -0.1) is 0 Å². The highest BCUT2D eigenvalue weighted by atomic mass is 15.0. The Morgan fingerprint density at radius 3 is 0.800 bits per heavy atom. The van der Waals surface area contributed by atoms with Gasteiger partial charge in [0.05, 0.1) is 0 Å². The van der Waals surface area contributed by atoms with Gasteiger partial charge in [0.15, 0.2) is 17.5 Å². The Bertz CT molecular complexity index is 2900. The fraction of sp³-hybridized carbons (Fsp3) is 0. The third-order valence-corrected chi connectivity index (χ3v) is 11.0. The van der Waals surface area contributed by atoms with Crippen molar-refractivity contribution in [2.75, 3.05) is 0 Å². The maximum Gasteiger partial charge on any atom is 0.164 e. The van der Waals surface area contributed by atoms with E-state index in [0.717, 1.165) is 61.2 Å². The van der Waals surface area contributed by atoms with Crippen LogP contribution in [0, 0.1) is 0 Å². The molecule has 0 aliphatic carbocycles. The van der Waals surface area contributed by atoms with Gasteiger partial charge in [-0.05, 0) is 91.0 Å². The van der Waals surface area contributed by atoms with Crippen LogP contribution in [0.3, 0.4) is 0 Å². The van der Waals surface area contributed by atoms with Crippen LogP contribution in [0.25, 0.3) is 101 Å². The second-order valence-electron chi connectivity index (χ2n) is 14.8. The van der Waals surface area contributed by atoms with Crippen LogP contribution < -0.4 is 0 Å². The molecule has 0 spiro atoms. The zero-order valence-electron chi connectivity index (χ0n) is 32.9. The molecule has 3 nitrogen and oxygen atoms in total. The summed E-state index contributed by atoms with van der Waals surface area (Å²) in [5.74, 6) is 1.86. The maximum atomic E-state index is 5.30. The monoisotopic (exact) mass is 765 g/mol. The number of hydrogen-bond acceptors (Lipinski definition) is 3. The third kappa shape index (κ3) is 7.56. The van der Waals surface area contributed by atoms with E-state index >= 15 is 0 Å². The molecule has 3 heteroatoms. The van der Waals surface area contributed by atoms with Crippen molar-refractivity contribution >= 4 is 0 Å². The molecule has 0 bridgehead atoms. The molecule has 282 valence electrons. The van der Waals surface area contributed by atoms with Gasteiger partial charge >= 0.3 is 0 Å². The average molecular weight is 766 g/mol. The summed E-state index contributed by atoms with van der Waals surface area (Å²) in [6, 6.07) is 83.0. The molecule has 0 N–H and O–H groups in total. The summed E-state index contributed by atoms with van der Waals surface area (Å²) in [4.78, 5) is 15.7. The predicted molar refractivity (Wildman–Crippen MR) is 249 cm³/mol. The van der Waals surface area contributed by atoms with Crippen molar-refractivity contribution in [3.8, 4) is 101 Å². The van der Waals surface area contributed by atoms with E-state index in [1.165, 1.54) is 22.3 Å². The highest BCUT2D eigenvalue weighted by molar-refractivity contribution is 5.87. The molecular formula is C57H39N3. The van der Waals surface area contributed by atoms with E-state index in [9.17, 15) is 0 Å². The second kappa shape index (κ2) is 16.5. The SMILES string of the molecule is c1ccc(-c2cccc(-c3cccc(-c4ccccc4-c4nc(-c5ccccc5)nc(-c5ccccc5-c5cccc(-c6cccc(-c7ccccc7)c6)c5)n4)c3)c2)cc1. The van der Waals surface area contributed by atoms with Gasteiger partial charge in [-0.1, -0.05) is 212 Å². The summed E-state index contributed by atoms with van der Waals surface area (Å²) in [6.45, 7) is 0. The number of hydrogen-bond donors (Lipinski definition) is 0. The quantitative estimate of drug-likeness (QED) is 0.147. The van der Waals surface area contributed by atoms with E-state index in [2.05, 4.69) is 218 Å². The van der Waals surface area contributed by atoms with Crippen molar-refractivity contribution in [2.24, 2.45) is 0 Å².